The van der Waals surface area contributed by atoms with E-state index in [0.29, 0.717) is 17.3 Å². The zero-order valence-corrected chi connectivity index (χ0v) is 26.6. The molecular weight excluding hydrogens is 583 g/mol. The number of fused-ring (bicyclic) bond motifs is 1. The number of amides is 2. The Balaban J connectivity index is 1.09. The van der Waals surface area contributed by atoms with Crippen molar-refractivity contribution in [3.63, 3.8) is 0 Å². The number of methoxy groups -OCH3 is 1. The van der Waals surface area contributed by atoms with Crippen LogP contribution in [0.2, 0.25) is 0 Å². The molecule has 3 aliphatic rings. The molecule has 4 aromatic rings. The molecule has 7 rings (SSSR count). The Morgan fingerprint density at radius 1 is 0.957 bits per heavy atom. The number of ether oxygens (including phenoxy) is 1. The largest absolute Gasteiger partial charge is 0.453 e. The highest BCUT2D eigenvalue weighted by Gasteiger charge is 2.34. The van der Waals surface area contributed by atoms with Gasteiger partial charge in [-0.3, -0.25) is 14.2 Å². The van der Waals surface area contributed by atoms with Crippen LogP contribution in [0.25, 0.3) is 22.0 Å². The summed E-state index contributed by atoms with van der Waals surface area (Å²) >= 11 is 0. The molecule has 0 bridgehead atoms. The molecule has 2 N–H and O–H groups in total. The number of nitrogens with zero attached hydrogens (tertiary/aromatic N) is 4. The number of carbonyl (C=O) groups excluding carboxylic acids is 2. The number of aryl methyl sites for hydroxylation is 1. The summed E-state index contributed by atoms with van der Waals surface area (Å²) in [5, 5.41) is 15.5. The van der Waals surface area contributed by atoms with Crippen molar-refractivity contribution >= 4 is 22.9 Å². The highest BCUT2D eigenvalue weighted by molar-refractivity contribution is 5.80. The van der Waals surface area contributed by atoms with Gasteiger partial charge in [-0.2, -0.15) is 9.49 Å². The monoisotopic (exact) mass is 626 g/mol. The summed E-state index contributed by atoms with van der Waals surface area (Å²) in [6.07, 6.45) is 12.9. The number of nitrogens with one attached hydrogen (secondary N) is 2. The molecule has 2 heterocycles. The van der Waals surface area contributed by atoms with Gasteiger partial charge in [-0.1, -0.05) is 24.3 Å². The first-order chi connectivity index (χ1) is 22.4. The molecule has 1 atom stereocenters. The highest BCUT2D eigenvalue weighted by Crippen LogP contribution is 2.43. The summed E-state index contributed by atoms with van der Waals surface area (Å²) < 4.78 is 22.9. The molecule has 242 valence electrons. The van der Waals surface area contributed by atoms with Crippen molar-refractivity contribution < 1.29 is 18.7 Å². The zero-order chi connectivity index (χ0) is 31.8. The molecule has 2 aromatic heterocycles. The summed E-state index contributed by atoms with van der Waals surface area (Å²) in [5.41, 5.74) is 5.28. The number of hydrogen-bond donors (Lipinski definition) is 2. The Morgan fingerprint density at radius 2 is 1.74 bits per heavy atom. The van der Waals surface area contributed by atoms with Gasteiger partial charge in [0.2, 0.25) is 11.9 Å². The molecule has 10 heteroatoms. The lowest BCUT2D eigenvalue weighted by Gasteiger charge is -2.36. The predicted octanol–water partition coefficient (Wildman–Crippen LogP) is 6.96. The smallest absolute Gasteiger partial charge is 0.407 e. The van der Waals surface area contributed by atoms with Gasteiger partial charge in [0.1, 0.15) is 0 Å². The molecule has 1 unspecified atom stereocenters. The Labute approximate surface area is 268 Å². The maximum atomic E-state index is 14.5. The van der Waals surface area contributed by atoms with E-state index in [1.165, 1.54) is 20.0 Å². The lowest BCUT2D eigenvalue weighted by molar-refractivity contribution is -0.127. The molecule has 3 fully saturated rings. The summed E-state index contributed by atoms with van der Waals surface area (Å²) in [6.45, 7) is 0. The molecule has 3 saturated carbocycles. The molecule has 0 radical (unpaired) electrons. The third-order valence-electron chi connectivity index (χ3n) is 10.5. The van der Waals surface area contributed by atoms with Crippen LogP contribution in [0.5, 0.6) is 0 Å². The Bertz CT molecular complexity index is 1710. The maximum Gasteiger partial charge on any atom is 0.407 e. The van der Waals surface area contributed by atoms with E-state index in [-0.39, 0.29) is 29.8 Å². The summed E-state index contributed by atoms with van der Waals surface area (Å²) in [4.78, 5) is 25.5. The van der Waals surface area contributed by atoms with Gasteiger partial charge in [-0.25, -0.2) is 4.79 Å². The number of benzene rings is 2. The van der Waals surface area contributed by atoms with Crippen LogP contribution in [0, 0.1) is 17.8 Å². The molecule has 0 saturated heterocycles. The molecule has 0 spiro atoms. The zero-order valence-electron chi connectivity index (χ0n) is 26.6. The quantitative estimate of drug-likeness (QED) is 0.220. The van der Waals surface area contributed by atoms with Crippen molar-refractivity contribution in [1.29, 1.82) is 0 Å². The number of carbonyl (C=O) groups is 2. The lowest BCUT2D eigenvalue weighted by atomic mass is 9.74. The van der Waals surface area contributed by atoms with E-state index >= 15 is 0 Å². The van der Waals surface area contributed by atoms with Gasteiger partial charge in [-0.05, 0) is 111 Å². The molecule has 9 nitrogen and oxygen atoms in total. The van der Waals surface area contributed by atoms with Crippen LogP contribution in [0.4, 0.5) is 9.18 Å². The van der Waals surface area contributed by atoms with E-state index in [1.54, 1.807) is 11.7 Å². The van der Waals surface area contributed by atoms with E-state index in [0.717, 1.165) is 79.1 Å². The van der Waals surface area contributed by atoms with E-state index in [2.05, 4.69) is 62.0 Å². The van der Waals surface area contributed by atoms with Gasteiger partial charge in [-0.15, -0.1) is 5.10 Å². The molecule has 2 aromatic carbocycles. The number of aromatic nitrogens is 4. The van der Waals surface area contributed by atoms with Gasteiger partial charge >= 0.3 is 6.09 Å². The van der Waals surface area contributed by atoms with Gasteiger partial charge in [0, 0.05) is 30.8 Å². The SMILES string of the molecule is COC(=O)NC1CCC(C(=O)NC(c2cccc(-c3cnn(C4CC4)c3)c2)C2CCC(c3ccc4c(c3)c(F)nn4C)CC2)CC1. The van der Waals surface area contributed by atoms with Crippen molar-refractivity contribution in [3.8, 4) is 11.1 Å². The van der Waals surface area contributed by atoms with Crippen molar-refractivity contribution in [1.82, 2.24) is 30.2 Å². The van der Waals surface area contributed by atoms with Crippen LogP contribution in [-0.4, -0.2) is 44.7 Å². The average Bonchev–Trinajstić information content (AvgIpc) is 3.75. The molecule has 2 amide bonds. The fraction of sp³-hybridized carbons (Fsp3) is 0.500. The van der Waals surface area contributed by atoms with Crippen molar-refractivity contribution in [2.45, 2.75) is 88.3 Å². The summed E-state index contributed by atoms with van der Waals surface area (Å²) in [6, 6.07) is 15.1. The molecule has 46 heavy (non-hydrogen) atoms. The molecule has 3 aliphatic carbocycles. The van der Waals surface area contributed by atoms with Gasteiger partial charge in [0.25, 0.3) is 0 Å². The first-order valence-corrected chi connectivity index (χ1v) is 16.8. The van der Waals surface area contributed by atoms with Crippen molar-refractivity contribution in [2.24, 2.45) is 18.9 Å². The maximum absolute atomic E-state index is 14.5. The third-order valence-corrected chi connectivity index (χ3v) is 10.5. The normalized spacial score (nSPS) is 24.0. The van der Waals surface area contributed by atoms with Crippen LogP contribution in [0.15, 0.2) is 54.9 Å². The highest BCUT2D eigenvalue weighted by atomic mass is 19.1. The molecule has 0 aliphatic heterocycles. The minimum atomic E-state index is -0.423. The van der Waals surface area contributed by atoms with Crippen LogP contribution in [0.3, 0.4) is 0 Å². The number of halogens is 1. The van der Waals surface area contributed by atoms with Crippen LogP contribution in [-0.2, 0) is 16.6 Å². The van der Waals surface area contributed by atoms with E-state index in [9.17, 15) is 14.0 Å². The first kappa shape index (κ1) is 30.4. The van der Waals surface area contributed by atoms with Crippen LogP contribution >= 0.6 is 0 Å². The van der Waals surface area contributed by atoms with E-state index in [1.807, 2.05) is 18.3 Å². The predicted molar refractivity (Wildman–Crippen MR) is 173 cm³/mol. The number of hydrogen-bond acceptors (Lipinski definition) is 5. The fourth-order valence-corrected chi connectivity index (χ4v) is 7.69. The lowest BCUT2D eigenvalue weighted by Crippen LogP contribution is -2.43. The second kappa shape index (κ2) is 12.9. The summed E-state index contributed by atoms with van der Waals surface area (Å²) in [7, 11) is 3.14. The first-order valence-electron chi connectivity index (χ1n) is 16.8. The third kappa shape index (κ3) is 6.39. The summed E-state index contributed by atoms with van der Waals surface area (Å²) in [5.74, 6) is 0.201. The van der Waals surface area contributed by atoms with Crippen molar-refractivity contribution in [2.75, 3.05) is 7.11 Å². The Kier molecular flexibility index (Phi) is 8.53. The van der Waals surface area contributed by atoms with Gasteiger partial charge in [0.15, 0.2) is 0 Å². The fourth-order valence-electron chi connectivity index (χ4n) is 7.69. The Morgan fingerprint density at radius 3 is 2.48 bits per heavy atom. The number of alkyl carbamates (subject to hydrolysis) is 1. The second-order valence-corrected chi connectivity index (χ2v) is 13.5. The number of rotatable bonds is 8. The Hall–Kier alpha value is -4.21. The van der Waals surface area contributed by atoms with Gasteiger partial charge < -0.3 is 15.4 Å². The molecular formula is C36H43FN6O3. The standard InChI is InChI=1S/C36H43FN6O3/c1-42-32-17-12-26(19-31(32)34(37)41-42)22-6-8-23(9-7-22)33(40-35(44)24-10-13-29(14-11-24)39-36(45)46-2)27-5-3-4-25(18-27)28-20-38-43(21-28)30-15-16-30/h3-5,12,17-24,29-30,33H,6-11,13-16H2,1-2H3,(H,39,45)(H,40,44). The van der Waals surface area contributed by atoms with Gasteiger partial charge in [0.05, 0.1) is 36.3 Å². The van der Waals surface area contributed by atoms with Crippen molar-refractivity contribution in [3.05, 3.63) is 71.9 Å². The minimum Gasteiger partial charge on any atom is -0.453 e. The van der Waals surface area contributed by atoms with Crippen LogP contribution in [0.1, 0.15) is 93.3 Å². The topological polar surface area (TPSA) is 103 Å². The average molecular weight is 627 g/mol. The second-order valence-electron chi connectivity index (χ2n) is 13.5. The van der Waals surface area contributed by atoms with Crippen LogP contribution < -0.4 is 10.6 Å². The van der Waals surface area contributed by atoms with E-state index in [4.69, 9.17) is 4.74 Å². The minimum absolute atomic E-state index is 0.0372. The van der Waals surface area contributed by atoms with E-state index < -0.39 is 12.0 Å².